The Morgan fingerprint density at radius 1 is 0.667 bits per heavy atom. The van der Waals surface area contributed by atoms with E-state index in [0.717, 1.165) is 12.1 Å². The Hall–Kier alpha value is -3.59. The molecule has 8 nitrogen and oxygen atoms in total. The standard InChI is InChI=1S/C18H10O8S/c19-11-3-1-9-5-15(17(21)25-13(9)7-11)27(23,24)16-6-10-2-4-12(20)8-14(10)26-18(16)22/h1-8,19-20H. The second-order valence-corrected chi connectivity index (χ2v) is 7.63. The number of sulfone groups is 1. The van der Waals surface area contributed by atoms with Crippen LogP contribution in [0.1, 0.15) is 0 Å². The van der Waals surface area contributed by atoms with Crippen molar-refractivity contribution in [2.75, 3.05) is 0 Å². The highest BCUT2D eigenvalue weighted by atomic mass is 32.2. The van der Waals surface area contributed by atoms with E-state index in [2.05, 4.69) is 0 Å². The molecule has 4 aromatic rings. The van der Waals surface area contributed by atoms with E-state index in [1.165, 1.54) is 36.4 Å². The summed E-state index contributed by atoms with van der Waals surface area (Å²) in [5.41, 5.74) is -2.36. The van der Waals surface area contributed by atoms with Crippen molar-refractivity contribution in [3.05, 3.63) is 69.4 Å². The lowest BCUT2D eigenvalue weighted by atomic mass is 10.2. The minimum atomic E-state index is -4.54. The van der Waals surface area contributed by atoms with E-state index in [1.54, 1.807) is 0 Å². The van der Waals surface area contributed by atoms with Crippen LogP contribution in [0.15, 0.2) is 76.7 Å². The monoisotopic (exact) mass is 386 g/mol. The number of phenolic OH excluding ortho intramolecular Hbond substituents is 2. The molecule has 9 heteroatoms. The lowest BCUT2D eigenvalue weighted by Gasteiger charge is -2.05. The molecule has 0 saturated carbocycles. The molecule has 0 fully saturated rings. The first-order chi connectivity index (χ1) is 12.8. The third kappa shape index (κ3) is 2.74. The van der Waals surface area contributed by atoms with Crippen LogP contribution in [0.2, 0.25) is 0 Å². The highest BCUT2D eigenvalue weighted by Gasteiger charge is 2.28. The van der Waals surface area contributed by atoms with Gasteiger partial charge in [-0.05, 0) is 36.4 Å². The molecular weight excluding hydrogens is 376 g/mol. The summed E-state index contributed by atoms with van der Waals surface area (Å²) in [4.78, 5) is 22.9. The number of hydrogen-bond acceptors (Lipinski definition) is 8. The first-order valence-corrected chi connectivity index (χ1v) is 9.03. The van der Waals surface area contributed by atoms with Gasteiger partial charge in [0.25, 0.3) is 0 Å². The van der Waals surface area contributed by atoms with E-state index in [0.29, 0.717) is 0 Å². The van der Waals surface area contributed by atoms with E-state index in [9.17, 15) is 28.2 Å². The Bertz CT molecular complexity index is 1340. The van der Waals surface area contributed by atoms with Crippen molar-refractivity contribution in [3.63, 3.8) is 0 Å². The number of phenols is 2. The molecule has 27 heavy (non-hydrogen) atoms. The first-order valence-electron chi connectivity index (χ1n) is 7.54. The average Bonchev–Trinajstić information content (AvgIpc) is 2.60. The van der Waals surface area contributed by atoms with Gasteiger partial charge in [0.2, 0.25) is 9.84 Å². The summed E-state index contributed by atoms with van der Waals surface area (Å²) in [6, 6.07) is 9.82. The summed E-state index contributed by atoms with van der Waals surface area (Å²) in [6.45, 7) is 0. The fourth-order valence-electron chi connectivity index (χ4n) is 2.66. The molecule has 0 saturated heterocycles. The van der Waals surface area contributed by atoms with Crippen LogP contribution in [-0.2, 0) is 9.84 Å². The molecular formula is C18H10O8S. The van der Waals surface area contributed by atoms with E-state index in [4.69, 9.17) is 8.83 Å². The lowest BCUT2D eigenvalue weighted by molar-refractivity contribution is 0.472. The molecule has 0 aliphatic carbocycles. The van der Waals surface area contributed by atoms with Gasteiger partial charge in [-0.1, -0.05) is 0 Å². The second kappa shape index (κ2) is 5.71. The Labute approximate surface area is 150 Å². The normalized spacial score (nSPS) is 11.9. The van der Waals surface area contributed by atoms with Crippen molar-refractivity contribution >= 4 is 31.8 Å². The first kappa shape index (κ1) is 16.9. The highest BCUT2D eigenvalue weighted by molar-refractivity contribution is 7.91. The van der Waals surface area contributed by atoms with E-state index in [-0.39, 0.29) is 33.4 Å². The maximum absolute atomic E-state index is 12.9. The van der Waals surface area contributed by atoms with Crippen LogP contribution in [0.4, 0.5) is 0 Å². The minimum absolute atomic E-state index is 0.0000267. The zero-order chi connectivity index (χ0) is 19.3. The molecule has 0 aliphatic heterocycles. The summed E-state index contributed by atoms with van der Waals surface area (Å²) in [5.74, 6) is -0.306. The van der Waals surface area contributed by atoms with Crippen LogP contribution in [0.5, 0.6) is 11.5 Å². The molecule has 2 heterocycles. The molecule has 0 amide bonds. The van der Waals surface area contributed by atoms with Gasteiger partial charge in [-0.2, -0.15) is 0 Å². The van der Waals surface area contributed by atoms with Gasteiger partial charge in [0, 0.05) is 22.9 Å². The molecule has 2 N–H and O–H groups in total. The van der Waals surface area contributed by atoms with Crippen molar-refractivity contribution in [2.45, 2.75) is 9.79 Å². The fourth-order valence-corrected chi connectivity index (χ4v) is 3.98. The zero-order valence-electron chi connectivity index (χ0n) is 13.4. The molecule has 0 unspecified atom stereocenters. The van der Waals surface area contributed by atoms with Crippen LogP contribution >= 0.6 is 0 Å². The maximum Gasteiger partial charge on any atom is 0.355 e. The van der Waals surface area contributed by atoms with Crippen molar-refractivity contribution in [1.82, 2.24) is 0 Å². The maximum atomic E-state index is 12.9. The van der Waals surface area contributed by atoms with E-state index in [1.807, 2.05) is 0 Å². The Morgan fingerprint density at radius 2 is 1.07 bits per heavy atom. The number of rotatable bonds is 2. The van der Waals surface area contributed by atoms with Gasteiger partial charge < -0.3 is 19.0 Å². The van der Waals surface area contributed by atoms with Crippen LogP contribution in [-0.4, -0.2) is 18.6 Å². The largest absolute Gasteiger partial charge is 0.508 e. The van der Waals surface area contributed by atoms with Gasteiger partial charge >= 0.3 is 11.3 Å². The number of hydrogen-bond donors (Lipinski definition) is 2. The summed E-state index contributed by atoms with van der Waals surface area (Å²) in [6.07, 6.45) is 0. The third-order valence-electron chi connectivity index (χ3n) is 3.95. The van der Waals surface area contributed by atoms with Gasteiger partial charge in [-0.3, -0.25) is 0 Å². The van der Waals surface area contributed by atoms with Gasteiger partial charge in [0.05, 0.1) is 0 Å². The zero-order valence-corrected chi connectivity index (χ0v) is 14.2. The van der Waals surface area contributed by atoms with Crippen molar-refractivity contribution in [3.8, 4) is 11.5 Å². The smallest absolute Gasteiger partial charge is 0.355 e. The summed E-state index contributed by atoms with van der Waals surface area (Å²) in [7, 11) is -4.54. The highest BCUT2D eigenvalue weighted by Crippen LogP contribution is 2.25. The predicted molar refractivity (Wildman–Crippen MR) is 93.7 cm³/mol. The van der Waals surface area contributed by atoms with Crippen LogP contribution in [0, 0.1) is 0 Å². The summed E-state index contributed by atoms with van der Waals surface area (Å²) < 4.78 is 35.7. The Morgan fingerprint density at radius 3 is 1.48 bits per heavy atom. The van der Waals surface area contributed by atoms with E-state index < -0.39 is 30.9 Å². The van der Waals surface area contributed by atoms with Crippen molar-refractivity contribution < 1.29 is 27.5 Å². The van der Waals surface area contributed by atoms with Crippen molar-refractivity contribution in [1.29, 1.82) is 0 Å². The minimum Gasteiger partial charge on any atom is -0.508 e. The topological polar surface area (TPSA) is 135 Å². The van der Waals surface area contributed by atoms with Crippen molar-refractivity contribution in [2.24, 2.45) is 0 Å². The SMILES string of the molecule is O=c1oc2cc(O)ccc2cc1S(=O)(=O)c1cc2ccc(O)cc2oc1=O. The quantitative estimate of drug-likeness (QED) is 0.500. The molecule has 0 radical (unpaired) electrons. The second-order valence-electron chi connectivity index (χ2n) is 5.74. The van der Waals surface area contributed by atoms with Crippen LogP contribution < -0.4 is 11.3 Å². The fraction of sp³-hybridized carbons (Fsp3) is 0. The van der Waals surface area contributed by atoms with Crippen LogP contribution in [0.25, 0.3) is 21.9 Å². The van der Waals surface area contributed by atoms with Gasteiger partial charge in [-0.25, -0.2) is 18.0 Å². The molecule has 2 aromatic heterocycles. The molecule has 136 valence electrons. The summed E-state index contributed by atoms with van der Waals surface area (Å²) >= 11 is 0. The number of aromatic hydroxyl groups is 2. The Balaban J connectivity index is 1.99. The average molecular weight is 386 g/mol. The lowest BCUT2D eigenvalue weighted by Crippen LogP contribution is -2.20. The molecule has 0 atom stereocenters. The van der Waals surface area contributed by atoms with Crippen LogP contribution in [0.3, 0.4) is 0 Å². The third-order valence-corrected chi connectivity index (χ3v) is 5.68. The Kier molecular flexibility index (Phi) is 3.57. The molecule has 2 aromatic carbocycles. The molecule has 4 rings (SSSR count). The molecule has 0 aliphatic rings. The van der Waals surface area contributed by atoms with Gasteiger partial charge in [-0.15, -0.1) is 0 Å². The summed E-state index contributed by atoms with van der Waals surface area (Å²) in [5, 5.41) is 19.4. The van der Waals surface area contributed by atoms with E-state index >= 15 is 0 Å². The predicted octanol–water partition coefficient (Wildman–Crippen LogP) is 2.14. The van der Waals surface area contributed by atoms with Gasteiger partial charge in [0.1, 0.15) is 22.7 Å². The number of benzene rings is 2. The van der Waals surface area contributed by atoms with Gasteiger partial charge in [0.15, 0.2) is 9.79 Å². The molecule has 0 bridgehead atoms. The molecule has 0 spiro atoms. The number of fused-ring (bicyclic) bond motifs is 2.